The Morgan fingerprint density at radius 2 is 1.89 bits per heavy atom. The lowest BCUT2D eigenvalue weighted by molar-refractivity contribution is -0.146. The molecule has 0 unspecified atom stereocenters. The zero-order chi connectivity index (χ0) is 13.4. The van der Waals surface area contributed by atoms with Crippen LogP contribution in [-0.2, 0) is 14.3 Å². The number of carbonyl (C=O) groups excluding carboxylic acids is 2. The van der Waals surface area contributed by atoms with Gasteiger partial charge in [0.1, 0.15) is 6.54 Å². The Kier molecular flexibility index (Phi) is 6.76. The van der Waals surface area contributed by atoms with Gasteiger partial charge < -0.3 is 9.64 Å². The molecule has 1 aliphatic carbocycles. The quantitative estimate of drug-likeness (QED) is 0.685. The van der Waals surface area contributed by atoms with Crippen molar-refractivity contribution in [2.45, 2.75) is 51.4 Å². The summed E-state index contributed by atoms with van der Waals surface area (Å²) in [5.74, 6) is 0.492. The minimum atomic E-state index is -0.363. The molecular weight excluding hydrogens is 230 g/mol. The van der Waals surface area contributed by atoms with Crippen LogP contribution in [0.25, 0.3) is 0 Å². The highest BCUT2D eigenvalue weighted by Gasteiger charge is 2.16. The minimum Gasteiger partial charge on any atom is -0.468 e. The molecule has 0 saturated heterocycles. The van der Waals surface area contributed by atoms with Crippen LogP contribution in [0.1, 0.15) is 51.4 Å². The van der Waals surface area contributed by atoms with Crippen LogP contribution in [-0.4, -0.2) is 37.5 Å². The highest BCUT2D eigenvalue weighted by molar-refractivity contribution is 5.81. The Balaban J connectivity index is 2.13. The highest BCUT2D eigenvalue weighted by atomic mass is 16.5. The van der Waals surface area contributed by atoms with Crippen LogP contribution in [0.5, 0.6) is 0 Å². The number of hydrogen-bond acceptors (Lipinski definition) is 3. The molecule has 0 atom stereocenters. The van der Waals surface area contributed by atoms with Gasteiger partial charge in [-0.15, -0.1) is 0 Å². The van der Waals surface area contributed by atoms with E-state index in [1.807, 2.05) is 0 Å². The number of likely N-dealkylation sites (N-methyl/N-ethyl adjacent to an activating group) is 1. The number of methoxy groups -OCH3 is 1. The van der Waals surface area contributed by atoms with Gasteiger partial charge in [-0.3, -0.25) is 9.59 Å². The number of amides is 1. The van der Waals surface area contributed by atoms with Crippen molar-refractivity contribution in [3.05, 3.63) is 0 Å². The molecule has 0 aromatic carbocycles. The largest absolute Gasteiger partial charge is 0.468 e. The number of hydrogen-bond donors (Lipinski definition) is 0. The molecule has 0 radical (unpaired) electrons. The molecule has 0 aromatic rings. The fourth-order valence-corrected chi connectivity index (χ4v) is 2.56. The van der Waals surface area contributed by atoms with Crippen molar-refractivity contribution < 1.29 is 14.3 Å². The van der Waals surface area contributed by atoms with Crippen LogP contribution in [0.4, 0.5) is 0 Å². The first-order valence-corrected chi connectivity index (χ1v) is 6.94. The van der Waals surface area contributed by atoms with Gasteiger partial charge in [-0.1, -0.05) is 32.1 Å². The van der Waals surface area contributed by atoms with E-state index >= 15 is 0 Å². The third-order valence-electron chi connectivity index (χ3n) is 3.75. The van der Waals surface area contributed by atoms with Crippen LogP contribution in [0, 0.1) is 5.92 Å². The Morgan fingerprint density at radius 1 is 1.22 bits per heavy atom. The average Bonchev–Trinajstić information content (AvgIpc) is 2.39. The molecular formula is C14H25NO3. The van der Waals surface area contributed by atoms with Gasteiger partial charge >= 0.3 is 5.97 Å². The number of carbonyl (C=O) groups is 2. The van der Waals surface area contributed by atoms with Crippen molar-refractivity contribution in [3.8, 4) is 0 Å². The van der Waals surface area contributed by atoms with Crippen molar-refractivity contribution in [1.82, 2.24) is 4.90 Å². The summed E-state index contributed by atoms with van der Waals surface area (Å²) in [6.45, 7) is 0.0543. The van der Waals surface area contributed by atoms with E-state index in [-0.39, 0.29) is 18.4 Å². The van der Waals surface area contributed by atoms with Gasteiger partial charge in [0.25, 0.3) is 0 Å². The van der Waals surface area contributed by atoms with E-state index in [2.05, 4.69) is 4.74 Å². The third-order valence-corrected chi connectivity index (χ3v) is 3.75. The molecule has 4 nitrogen and oxygen atoms in total. The zero-order valence-electron chi connectivity index (χ0n) is 11.6. The average molecular weight is 255 g/mol. The summed E-state index contributed by atoms with van der Waals surface area (Å²) in [5, 5.41) is 0. The lowest BCUT2D eigenvalue weighted by Gasteiger charge is -2.21. The topological polar surface area (TPSA) is 46.6 Å². The predicted octanol–water partition coefficient (Wildman–Crippen LogP) is 2.37. The molecule has 0 heterocycles. The van der Waals surface area contributed by atoms with Crippen LogP contribution in [0.3, 0.4) is 0 Å². The molecule has 0 aromatic heterocycles. The van der Waals surface area contributed by atoms with Crippen LogP contribution in [0.15, 0.2) is 0 Å². The van der Waals surface area contributed by atoms with Crippen molar-refractivity contribution in [1.29, 1.82) is 0 Å². The molecule has 18 heavy (non-hydrogen) atoms. The summed E-state index contributed by atoms with van der Waals surface area (Å²) in [6.07, 6.45) is 9.36. The Bertz CT molecular complexity index is 272. The molecule has 0 bridgehead atoms. The van der Waals surface area contributed by atoms with Gasteiger partial charge in [0.05, 0.1) is 7.11 Å². The highest BCUT2D eigenvalue weighted by Crippen LogP contribution is 2.27. The molecule has 1 aliphatic rings. The zero-order valence-corrected chi connectivity index (χ0v) is 11.6. The summed E-state index contributed by atoms with van der Waals surface area (Å²) in [7, 11) is 2.99. The molecule has 0 spiro atoms. The fourth-order valence-electron chi connectivity index (χ4n) is 2.56. The SMILES string of the molecule is COC(=O)CN(C)C(=O)CCCC1CCCCC1. The van der Waals surface area contributed by atoms with Crippen LogP contribution in [0.2, 0.25) is 0 Å². The summed E-state index contributed by atoms with van der Waals surface area (Å²) < 4.78 is 4.54. The number of nitrogens with zero attached hydrogens (tertiary/aromatic N) is 1. The standard InChI is InChI=1S/C14H25NO3/c1-15(11-14(17)18-2)13(16)10-6-9-12-7-4-3-5-8-12/h12H,3-11H2,1-2H3. The Labute approximate surface area is 110 Å². The maximum atomic E-state index is 11.8. The van der Waals surface area contributed by atoms with Crippen LogP contribution >= 0.6 is 0 Å². The normalized spacial score (nSPS) is 16.3. The summed E-state index contributed by atoms with van der Waals surface area (Å²) in [5.41, 5.74) is 0. The van der Waals surface area contributed by atoms with E-state index in [9.17, 15) is 9.59 Å². The van der Waals surface area contributed by atoms with Crippen LogP contribution < -0.4 is 0 Å². The molecule has 1 saturated carbocycles. The molecule has 0 N–H and O–H groups in total. The minimum absolute atomic E-state index is 0.0382. The predicted molar refractivity (Wildman–Crippen MR) is 70.1 cm³/mol. The van der Waals surface area contributed by atoms with Gasteiger partial charge in [0.2, 0.25) is 5.91 Å². The summed E-state index contributed by atoms with van der Waals surface area (Å²) in [4.78, 5) is 24.2. The van der Waals surface area contributed by atoms with Crippen molar-refractivity contribution >= 4 is 11.9 Å². The second-order valence-corrected chi connectivity index (χ2v) is 5.22. The van der Waals surface area contributed by atoms with E-state index in [1.54, 1.807) is 7.05 Å². The second kappa shape index (κ2) is 8.11. The first-order chi connectivity index (χ1) is 8.63. The fraction of sp³-hybridized carbons (Fsp3) is 0.857. The molecule has 0 aliphatic heterocycles. The van der Waals surface area contributed by atoms with Gasteiger partial charge in [-0.2, -0.15) is 0 Å². The van der Waals surface area contributed by atoms with Gasteiger partial charge in [0.15, 0.2) is 0 Å². The second-order valence-electron chi connectivity index (χ2n) is 5.22. The molecule has 4 heteroatoms. The molecule has 1 amide bonds. The summed E-state index contributed by atoms with van der Waals surface area (Å²) >= 11 is 0. The van der Waals surface area contributed by atoms with E-state index in [4.69, 9.17) is 0 Å². The molecule has 1 rings (SSSR count). The lowest BCUT2D eigenvalue weighted by Crippen LogP contribution is -2.32. The van der Waals surface area contributed by atoms with Crippen molar-refractivity contribution in [3.63, 3.8) is 0 Å². The molecule has 104 valence electrons. The third kappa shape index (κ3) is 5.52. The van der Waals surface area contributed by atoms with Gasteiger partial charge in [-0.05, 0) is 18.8 Å². The van der Waals surface area contributed by atoms with Crippen molar-refractivity contribution in [2.75, 3.05) is 20.7 Å². The Morgan fingerprint density at radius 3 is 2.50 bits per heavy atom. The van der Waals surface area contributed by atoms with Gasteiger partial charge in [0, 0.05) is 13.5 Å². The van der Waals surface area contributed by atoms with Crippen molar-refractivity contribution in [2.24, 2.45) is 5.92 Å². The molecule has 1 fully saturated rings. The van der Waals surface area contributed by atoms with E-state index in [1.165, 1.54) is 44.1 Å². The first-order valence-electron chi connectivity index (χ1n) is 6.94. The van der Waals surface area contributed by atoms with Gasteiger partial charge in [-0.25, -0.2) is 0 Å². The number of esters is 1. The monoisotopic (exact) mass is 255 g/mol. The maximum Gasteiger partial charge on any atom is 0.325 e. The lowest BCUT2D eigenvalue weighted by atomic mass is 9.86. The first kappa shape index (κ1) is 15.0. The maximum absolute atomic E-state index is 11.8. The number of ether oxygens (including phenoxy) is 1. The number of rotatable bonds is 6. The summed E-state index contributed by atoms with van der Waals surface area (Å²) in [6, 6.07) is 0. The Hall–Kier alpha value is -1.06. The van der Waals surface area contributed by atoms with E-state index in [0.717, 1.165) is 18.8 Å². The van der Waals surface area contributed by atoms with E-state index in [0.29, 0.717) is 6.42 Å². The smallest absolute Gasteiger partial charge is 0.325 e. The van der Waals surface area contributed by atoms with E-state index < -0.39 is 0 Å².